The summed E-state index contributed by atoms with van der Waals surface area (Å²) in [6.07, 6.45) is -4.38. The summed E-state index contributed by atoms with van der Waals surface area (Å²) in [4.78, 5) is 0. The first kappa shape index (κ1) is 15.1. The molecule has 1 aromatic carbocycles. The Labute approximate surface area is 98.2 Å². The molecule has 0 aromatic heterocycles. The average molecular weight is 256 g/mol. The third kappa shape index (κ3) is 3.57. The van der Waals surface area contributed by atoms with Crippen LogP contribution in [0.5, 0.6) is 5.75 Å². The Kier molecular flexibility index (Phi) is 5.61. The van der Waals surface area contributed by atoms with Crippen LogP contribution < -0.4 is 10.1 Å². The monoisotopic (exact) mass is 255 g/mol. The van der Waals surface area contributed by atoms with Gasteiger partial charge in [0, 0.05) is 6.54 Å². The summed E-state index contributed by atoms with van der Waals surface area (Å²) in [5, 5.41) is 2.79. The van der Waals surface area contributed by atoms with E-state index in [2.05, 4.69) is 10.1 Å². The molecule has 2 nitrogen and oxygen atoms in total. The number of hydrogen-bond acceptors (Lipinski definition) is 2. The molecule has 0 amide bonds. The predicted molar refractivity (Wildman–Crippen MR) is 58.0 cm³/mol. The van der Waals surface area contributed by atoms with Crippen molar-refractivity contribution in [2.24, 2.45) is 0 Å². The van der Waals surface area contributed by atoms with E-state index in [1.54, 1.807) is 13.1 Å². The maximum atomic E-state index is 12.6. The molecule has 0 saturated carbocycles. The normalized spacial score (nSPS) is 10.8. The SMILES string of the molecule is CNCc1ccc(OC)c(C(F)(F)F)c1.Cl. The molecule has 0 spiro atoms. The van der Waals surface area contributed by atoms with Crippen molar-refractivity contribution >= 4 is 12.4 Å². The zero-order valence-electron chi connectivity index (χ0n) is 8.89. The highest BCUT2D eigenvalue weighted by atomic mass is 35.5. The molecule has 0 fully saturated rings. The Morgan fingerprint density at radius 2 is 1.94 bits per heavy atom. The van der Waals surface area contributed by atoms with Crippen molar-refractivity contribution in [3.63, 3.8) is 0 Å². The van der Waals surface area contributed by atoms with Gasteiger partial charge in [0.1, 0.15) is 5.75 Å². The molecule has 0 aliphatic carbocycles. The molecule has 0 bridgehead atoms. The number of alkyl halides is 3. The van der Waals surface area contributed by atoms with Crippen LogP contribution in [0.2, 0.25) is 0 Å². The van der Waals surface area contributed by atoms with Gasteiger partial charge in [-0.3, -0.25) is 0 Å². The molecule has 0 saturated heterocycles. The minimum absolute atomic E-state index is 0. The van der Waals surface area contributed by atoms with Gasteiger partial charge in [-0.05, 0) is 24.7 Å². The lowest BCUT2D eigenvalue weighted by molar-refractivity contribution is -0.138. The van der Waals surface area contributed by atoms with Crippen LogP contribution in [0.4, 0.5) is 13.2 Å². The second-order valence-electron chi connectivity index (χ2n) is 3.06. The summed E-state index contributed by atoms with van der Waals surface area (Å²) < 4.78 is 42.3. The van der Waals surface area contributed by atoms with Crippen molar-refractivity contribution in [3.05, 3.63) is 29.3 Å². The molecule has 0 aliphatic heterocycles. The van der Waals surface area contributed by atoms with Gasteiger partial charge in [0.25, 0.3) is 0 Å². The Balaban J connectivity index is 0.00000225. The van der Waals surface area contributed by atoms with E-state index in [1.807, 2.05) is 0 Å². The summed E-state index contributed by atoms with van der Waals surface area (Å²) in [5.41, 5.74) is -0.164. The van der Waals surface area contributed by atoms with Crippen LogP contribution in [0, 0.1) is 0 Å². The fourth-order valence-electron chi connectivity index (χ4n) is 1.29. The van der Waals surface area contributed by atoms with Gasteiger partial charge in [0.2, 0.25) is 0 Å². The van der Waals surface area contributed by atoms with E-state index in [0.717, 1.165) is 6.07 Å². The number of ether oxygens (including phenoxy) is 1. The van der Waals surface area contributed by atoms with Crippen molar-refractivity contribution < 1.29 is 17.9 Å². The summed E-state index contributed by atoms with van der Waals surface area (Å²) in [6, 6.07) is 4.02. The smallest absolute Gasteiger partial charge is 0.419 e. The molecule has 92 valence electrons. The van der Waals surface area contributed by atoms with E-state index < -0.39 is 11.7 Å². The van der Waals surface area contributed by atoms with Crippen molar-refractivity contribution in [3.8, 4) is 5.75 Å². The number of methoxy groups -OCH3 is 1. The summed E-state index contributed by atoms with van der Waals surface area (Å²) in [5.74, 6) is -0.151. The lowest BCUT2D eigenvalue weighted by Crippen LogP contribution is -2.10. The van der Waals surface area contributed by atoms with E-state index in [-0.39, 0.29) is 18.2 Å². The molecule has 0 aliphatic rings. The second kappa shape index (κ2) is 5.96. The molecule has 0 unspecified atom stereocenters. The van der Waals surface area contributed by atoms with E-state index >= 15 is 0 Å². The first-order valence-corrected chi connectivity index (χ1v) is 4.37. The molecule has 0 radical (unpaired) electrons. The van der Waals surface area contributed by atoms with Crippen LogP contribution in [0.1, 0.15) is 11.1 Å². The maximum absolute atomic E-state index is 12.6. The van der Waals surface area contributed by atoms with Crippen molar-refractivity contribution in [1.29, 1.82) is 0 Å². The molecule has 1 aromatic rings. The van der Waals surface area contributed by atoms with Gasteiger partial charge in [-0.15, -0.1) is 12.4 Å². The van der Waals surface area contributed by atoms with Crippen LogP contribution in [0.25, 0.3) is 0 Å². The highest BCUT2D eigenvalue weighted by Gasteiger charge is 2.34. The van der Waals surface area contributed by atoms with Crippen LogP contribution in [-0.2, 0) is 12.7 Å². The van der Waals surface area contributed by atoms with Crippen LogP contribution in [-0.4, -0.2) is 14.2 Å². The average Bonchev–Trinajstić information content (AvgIpc) is 2.17. The summed E-state index contributed by atoms with van der Waals surface area (Å²) in [7, 11) is 2.90. The Hall–Kier alpha value is -0.940. The Morgan fingerprint density at radius 3 is 2.38 bits per heavy atom. The van der Waals surface area contributed by atoms with Gasteiger partial charge < -0.3 is 10.1 Å². The zero-order chi connectivity index (χ0) is 11.5. The van der Waals surface area contributed by atoms with E-state index in [0.29, 0.717) is 12.1 Å². The van der Waals surface area contributed by atoms with Crippen molar-refractivity contribution in [1.82, 2.24) is 5.32 Å². The number of hydrogen-bond donors (Lipinski definition) is 1. The lowest BCUT2D eigenvalue weighted by Gasteiger charge is -2.13. The maximum Gasteiger partial charge on any atom is 0.419 e. The Morgan fingerprint density at radius 1 is 1.31 bits per heavy atom. The topological polar surface area (TPSA) is 21.3 Å². The van der Waals surface area contributed by atoms with Gasteiger partial charge >= 0.3 is 6.18 Å². The number of halogens is 4. The third-order valence-corrected chi connectivity index (χ3v) is 1.95. The first-order chi connectivity index (χ1) is 6.99. The molecular weight excluding hydrogens is 243 g/mol. The van der Waals surface area contributed by atoms with Gasteiger partial charge in [-0.2, -0.15) is 13.2 Å². The third-order valence-electron chi connectivity index (χ3n) is 1.95. The summed E-state index contributed by atoms with van der Waals surface area (Å²) >= 11 is 0. The van der Waals surface area contributed by atoms with Gasteiger partial charge in [-0.1, -0.05) is 6.07 Å². The van der Waals surface area contributed by atoms with Crippen LogP contribution in [0.3, 0.4) is 0 Å². The second-order valence-corrected chi connectivity index (χ2v) is 3.06. The minimum Gasteiger partial charge on any atom is -0.496 e. The molecule has 1 rings (SSSR count). The largest absolute Gasteiger partial charge is 0.496 e. The van der Waals surface area contributed by atoms with E-state index in [9.17, 15) is 13.2 Å². The zero-order valence-corrected chi connectivity index (χ0v) is 9.71. The lowest BCUT2D eigenvalue weighted by atomic mass is 10.1. The van der Waals surface area contributed by atoms with Crippen molar-refractivity contribution in [2.45, 2.75) is 12.7 Å². The molecule has 16 heavy (non-hydrogen) atoms. The van der Waals surface area contributed by atoms with Crippen molar-refractivity contribution in [2.75, 3.05) is 14.2 Å². The number of rotatable bonds is 3. The van der Waals surface area contributed by atoms with Gasteiger partial charge in [0.15, 0.2) is 0 Å². The number of benzene rings is 1. The van der Waals surface area contributed by atoms with E-state index in [1.165, 1.54) is 13.2 Å². The minimum atomic E-state index is -4.38. The Bertz CT molecular complexity index is 341. The quantitative estimate of drug-likeness (QED) is 0.897. The van der Waals surface area contributed by atoms with Gasteiger partial charge in [0.05, 0.1) is 12.7 Å². The van der Waals surface area contributed by atoms with Gasteiger partial charge in [-0.25, -0.2) is 0 Å². The highest BCUT2D eigenvalue weighted by Crippen LogP contribution is 2.36. The summed E-state index contributed by atoms with van der Waals surface area (Å²) in [6.45, 7) is 0.396. The molecular formula is C10H13ClF3NO. The molecule has 6 heteroatoms. The number of nitrogens with one attached hydrogen (secondary N) is 1. The van der Waals surface area contributed by atoms with E-state index in [4.69, 9.17) is 0 Å². The fraction of sp³-hybridized carbons (Fsp3) is 0.400. The standard InChI is InChI=1S/C10H12F3NO.ClH/c1-14-6-7-3-4-9(15-2)8(5-7)10(11,12)13;/h3-5,14H,6H2,1-2H3;1H. The fourth-order valence-corrected chi connectivity index (χ4v) is 1.29. The predicted octanol–water partition coefficient (Wildman–Crippen LogP) is 2.86. The van der Waals surface area contributed by atoms with Crippen LogP contribution in [0.15, 0.2) is 18.2 Å². The molecule has 0 atom stereocenters. The molecule has 0 heterocycles. The highest BCUT2D eigenvalue weighted by molar-refractivity contribution is 5.85. The molecule has 1 N–H and O–H groups in total. The van der Waals surface area contributed by atoms with Crippen LogP contribution >= 0.6 is 12.4 Å². The first-order valence-electron chi connectivity index (χ1n) is 4.37.